The number of rotatable bonds is 10. The van der Waals surface area contributed by atoms with Crippen LogP contribution < -0.4 is 4.74 Å². The summed E-state index contributed by atoms with van der Waals surface area (Å²) in [5.41, 5.74) is 5.53. The Balaban J connectivity index is 0.00000241. The standard InChI is InChI=1S/C30H36N2O3.2ClH/c1-31-17-19-32(20-18-31)21-23-35-28-15-11-26(12-16-28)30(25-9-13-27(34)14-10-25)29(8-5-22-33)24-6-3-2-4-7-24;;/h2-4,6-7,9-16,33-34H,5,8,17-23H2,1H3;2*1H/b30-29-;;. The lowest BCUT2D eigenvalue weighted by molar-refractivity contribution is 0.134. The van der Waals surface area contributed by atoms with Gasteiger partial charge in [0, 0.05) is 39.3 Å². The first-order chi connectivity index (χ1) is 17.1. The maximum absolute atomic E-state index is 9.86. The van der Waals surface area contributed by atoms with Crippen molar-refractivity contribution in [3.05, 3.63) is 95.6 Å². The quantitative estimate of drug-likeness (QED) is 0.325. The van der Waals surface area contributed by atoms with Crippen molar-refractivity contribution in [2.45, 2.75) is 12.8 Å². The molecule has 5 nitrogen and oxygen atoms in total. The van der Waals surface area contributed by atoms with Crippen LogP contribution in [0, 0.1) is 0 Å². The normalized spacial score (nSPS) is 14.8. The summed E-state index contributed by atoms with van der Waals surface area (Å²) in [6.45, 7) is 6.16. The van der Waals surface area contributed by atoms with Crippen LogP contribution in [0.2, 0.25) is 0 Å². The number of nitrogens with zero attached hydrogens (tertiary/aromatic N) is 2. The molecule has 0 unspecified atom stereocenters. The minimum absolute atomic E-state index is 0. The van der Waals surface area contributed by atoms with E-state index in [1.165, 1.54) is 5.57 Å². The van der Waals surface area contributed by atoms with E-state index in [4.69, 9.17) is 4.74 Å². The van der Waals surface area contributed by atoms with Crippen LogP contribution in [-0.4, -0.2) is 73.0 Å². The number of benzene rings is 3. The Morgan fingerprint density at radius 3 is 1.97 bits per heavy atom. The molecule has 3 aromatic carbocycles. The molecule has 4 rings (SSSR count). The zero-order valence-electron chi connectivity index (χ0n) is 21.4. The number of aliphatic hydroxyl groups excluding tert-OH is 1. The number of hydrogen-bond acceptors (Lipinski definition) is 5. The molecular formula is C30H38Cl2N2O3. The number of likely N-dealkylation sites (N-methyl/N-ethyl adjacent to an activating group) is 1. The third kappa shape index (κ3) is 8.77. The molecule has 0 aromatic heterocycles. The second-order valence-electron chi connectivity index (χ2n) is 9.11. The van der Waals surface area contributed by atoms with Gasteiger partial charge in [-0.3, -0.25) is 4.90 Å². The van der Waals surface area contributed by atoms with Crippen molar-refractivity contribution in [2.75, 3.05) is 53.0 Å². The van der Waals surface area contributed by atoms with E-state index in [1.54, 1.807) is 12.1 Å². The van der Waals surface area contributed by atoms with E-state index in [-0.39, 0.29) is 37.2 Å². The Bertz CT molecular complexity index is 1080. The van der Waals surface area contributed by atoms with Gasteiger partial charge in [0.25, 0.3) is 0 Å². The van der Waals surface area contributed by atoms with Gasteiger partial charge in [0.05, 0.1) is 0 Å². The molecule has 0 radical (unpaired) electrons. The fourth-order valence-corrected chi connectivity index (χ4v) is 4.53. The molecular weight excluding hydrogens is 507 g/mol. The van der Waals surface area contributed by atoms with Gasteiger partial charge < -0.3 is 19.8 Å². The SMILES string of the molecule is CN1CCN(CCOc2ccc(/C(=C(/CCCO)c3ccccc3)c3ccc(O)cc3)cc2)CC1.Cl.Cl. The summed E-state index contributed by atoms with van der Waals surface area (Å²) < 4.78 is 6.06. The summed E-state index contributed by atoms with van der Waals surface area (Å²) in [4.78, 5) is 4.81. The zero-order valence-corrected chi connectivity index (χ0v) is 23.0. The van der Waals surface area contributed by atoms with Crippen LogP contribution in [0.25, 0.3) is 11.1 Å². The predicted octanol–water partition coefficient (Wildman–Crippen LogP) is 5.59. The van der Waals surface area contributed by atoms with E-state index >= 15 is 0 Å². The predicted molar refractivity (Wildman–Crippen MR) is 157 cm³/mol. The summed E-state index contributed by atoms with van der Waals surface area (Å²) >= 11 is 0. The van der Waals surface area contributed by atoms with E-state index in [9.17, 15) is 10.2 Å². The van der Waals surface area contributed by atoms with Gasteiger partial charge in [-0.2, -0.15) is 0 Å². The monoisotopic (exact) mass is 544 g/mol. The lowest BCUT2D eigenvalue weighted by Crippen LogP contribution is -2.45. The average molecular weight is 546 g/mol. The Hall–Kier alpha value is -2.54. The summed E-state index contributed by atoms with van der Waals surface area (Å²) in [7, 11) is 2.17. The Morgan fingerprint density at radius 2 is 1.38 bits per heavy atom. The molecule has 1 heterocycles. The Labute approximate surface area is 233 Å². The summed E-state index contributed by atoms with van der Waals surface area (Å²) in [6.07, 6.45) is 1.43. The lowest BCUT2D eigenvalue weighted by Gasteiger charge is -2.32. The maximum Gasteiger partial charge on any atom is 0.119 e. The van der Waals surface area contributed by atoms with Gasteiger partial charge in [-0.15, -0.1) is 24.8 Å². The second kappa shape index (κ2) is 15.7. The van der Waals surface area contributed by atoms with Crippen molar-refractivity contribution < 1.29 is 14.9 Å². The molecule has 1 aliphatic rings. The van der Waals surface area contributed by atoms with Crippen LogP contribution in [0.1, 0.15) is 29.5 Å². The number of phenols is 1. The molecule has 0 spiro atoms. The minimum atomic E-state index is 0. The van der Waals surface area contributed by atoms with Crippen molar-refractivity contribution in [2.24, 2.45) is 0 Å². The number of hydrogen-bond donors (Lipinski definition) is 2. The number of piperazine rings is 1. The topological polar surface area (TPSA) is 56.2 Å². The molecule has 3 aromatic rings. The molecule has 0 amide bonds. The van der Waals surface area contributed by atoms with Gasteiger partial charge in [-0.1, -0.05) is 54.6 Å². The summed E-state index contributed by atoms with van der Waals surface area (Å²) in [5, 5.41) is 19.4. The molecule has 0 saturated carbocycles. The van der Waals surface area contributed by atoms with E-state index in [0.29, 0.717) is 13.0 Å². The van der Waals surface area contributed by atoms with Gasteiger partial charge in [0.1, 0.15) is 18.1 Å². The first kappa shape index (κ1) is 30.7. The van der Waals surface area contributed by atoms with E-state index in [0.717, 1.165) is 67.2 Å². The molecule has 37 heavy (non-hydrogen) atoms. The third-order valence-electron chi connectivity index (χ3n) is 6.58. The van der Waals surface area contributed by atoms with Gasteiger partial charge in [-0.25, -0.2) is 0 Å². The van der Waals surface area contributed by atoms with Crippen LogP contribution >= 0.6 is 24.8 Å². The van der Waals surface area contributed by atoms with E-state index < -0.39 is 0 Å². The highest BCUT2D eigenvalue weighted by molar-refractivity contribution is 5.98. The first-order valence-corrected chi connectivity index (χ1v) is 12.5. The van der Waals surface area contributed by atoms with Gasteiger partial charge >= 0.3 is 0 Å². The highest BCUT2D eigenvalue weighted by atomic mass is 35.5. The van der Waals surface area contributed by atoms with Crippen molar-refractivity contribution in [1.29, 1.82) is 0 Å². The van der Waals surface area contributed by atoms with Crippen LogP contribution in [0.3, 0.4) is 0 Å². The van der Waals surface area contributed by atoms with E-state index in [2.05, 4.69) is 41.1 Å². The fourth-order valence-electron chi connectivity index (χ4n) is 4.53. The number of phenolic OH excluding ortho intramolecular Hbond substituents is 1. The fraction of sp³-hybridized carbons (Fsp3) is 0.333. The van der Waals surface area contributed by atoms with Crippen LogP contribution in [0.15, 0.2) is 78.9 Å². The van der Waals surface area contributed by atoms with Gasteiger partial charge in [-0.05, 0) is 72.0 Å². The Morgan fingerprint density at radius 1 is 0.784 bits per heavy atom. The number of allylic oxidation sites excluding steroid dienone is 1. The average Bonchev–Trinajstić information content (AvgIpc) is 2.90. The van der Waals surface area contributed by atoms with Crippen LogP contribution in [0.4, 0.5) is 0 Å². The lowest BCUT2D eigenvalue weighted by atomic mass is 9.87. The minimum Gasteiger partial charge on any atom is -0.508 e. The van der Waals surface area contributed by atoms with Crippen molar-refractivity contribution >= 4 is 36.0 Å². The number of halogens is 2. The summed E-state index contributed by atoms with van der Waals surface area (Å²) in [5.74, 6) is 1.11. The smallest absolute Gasteiger partial charge is 0.119 e. The van der Waals surface area contributed by atoms with Crippen LogP contribution in [-0.2, 0) is 0 Å². The Kier molecular flexibility index (Phi) is 13.0. The molecule has 7 heteroatoms. The van der Waals surface area contributed by atoms with Gasteiger partial charge in [0.15, 0.2) is 0 Å². The molecule has 200 valence electrons. The molecule has 2 N–H and O–H groups in total. The number of ether oxygens (including phenoxy) is 1. The molecule has 0 atom stereocenters. The highest BCUT2D eigenvalue weighted by Gasteiger charge is 2.15. The van der Waals surface area contributed by atoms with Crippen molar-refractivity contribution in [3.8, 4) is 11.5 Å². The number of aliphatic hydroxyl groups is 1. The number of aromatic hydroxyl groups is 1. The van der Waals surface area contributed by atoms with Gasteiger partial charge in [0.2, 0.25) is 0 Å². The molecule has 0 bridgehead atoms. The van der Waals surface area contributed by atoms with Crippen molar-refractivity contribution in [1.82, 2.24) is 9.80 Å². The van der Waals surface area contributed by atoms with Crippen LogP contribution in [0.5, 0.6) is 11.5 Å². The van der Waals surface area contributed by atoms with E-state index in [1.807, 2.05) is 42.5 Å². The maximum atomic E-state index is 9.86. The molecule has 1 saturated heterocycles. The third-order valence-corrected chi connectivity index (χ3v) is 6.58. The zero-order chi connectivity index (χ0) is 24.5. The second-order valence-corrected chi connectivity index (χ2v) is 9.11. The largest absolute Gasteiger partial charge is 0.508 e. The highest BCUT2D eigenvalue weighted by Crippen LogP contribution is 2.36. The summed E-state index contributed by atoms with van der Waals surface area (Å²) in [6, 6.07) is 26.0. The molecule has 1 fully saturated rings. The molecule has 1 aliphatic heterocycles. The van der Waals surface area contributed by atoms with Crippen molar-refractivity contribution in [3.63, 3.8) is 0 Å². The first-order valence-electron chi connectivity index (χ1n) is 12.5. The molecule has 0 aliphatic carbocycles.